The van der Waals surface area contributed by atoms with E-state index >= 15 is 0 Å². The Hall–Kier alpha value is -2.88. The van der Waals surface area contributed by atoms with E-state index in [0.29, 0.717) is 36.6 Å². The first-order valence-electron chi connectivity index (χ1n) is 9.16. The third-order valence-electron chi connectivity index (χ3n) is 5.29. The van der Waals surface area contributed by atoms with Crippen molar-refractivity contribution in [2.24, 2.45) is 0 Å². The zero-order valence-corrected chi connectivity index (χ0v) is 15.7. The smallest absolute Gasteiger partial charge is 0.405 e. The summed E-state index contributed by atoms with van der Waals surface area (Å²) in [5.74, 6) is 0.429. The van der Waals surface area contributed by atoms with Gasteiger partial charge in [0.1, 0.15) is 17.7 Å². The third-order valence-corrected chi connectivity index (χ3v) is 5.29. The molecule has 3 heterocycles. The number of carbonyl (C=O) groups excluding carboxylic acids is 1. The summed E-state index contributed by atoms with van der Waals surface area (Å²) in [5, 5.41) is 5.40. The van der Waals surface area contributed by atoms with Crippen molar-refractivity contribution in [3.05, 3.63) is 41.7 Å². The number of methoxy groups -OCH3 is 1. The van der Waals surface area contributed by atoms with Crippen LogP contribution in [-0.2, 0) is 16.8 Å². The van der Waals surface area contributed by atoms with E-state index in [4.69, 9.17) is 4.74 Å². The minimum absolute atomic E-state index is 0.124. The van der Waals surface area contributed by atoms with Crippen molar-refractivity contribution >= 4 is 17.5 Å². The molecule has 2 aliphatic rings. The van der Waals surface area contributed by atoms with E-state index in [9.17, 15) is 18.0 Å². The van der Waals surface area contributed by atoms with Crippen molar-refractivity contribution in [2.45, 2.75) is 24.6 Å². The Balaban J connectivity index is 1.70. The maximum Gasteiger partial charge on any atom is 0.405 e. The number of hydrogen-bond acceptors (Lipinski definition) is 6. The van der Waals surface area contributed by atoms with Gasteiger partial charge in [0.25, 0.3) is 0 Å². The number of halogens is 3. The summed E-state index contributed by atoms with van der Waals surface area (Å²) >= 11 is 0. The summed E-state index contributed by atoms with van der Waals surface area (Å²) in [6, 6.07) is 7.16. The Morgan fingerprint density at radius 2 is 2.07 bits per heavy atom. The van der Waals surface area contributed by atoms with Crippen LogP contribution in [-0.4, -0.2) is 48.8 Å². The van der Waals surface area contributed by atoms with Crippen LogP contribution in [0.1, 0.15) is 17.7 Å². The van der Waals surface area contributed by atoms with Gasteiger partial charge in [0.05, 0.1) is 19.3 Å². The van der Waals surface area contributed by atoms with Gasteiger partial charge in [0.2, 0.25) is 11.9 Å². The summed E-state index contributed by atoms with van der Waals surface area (Å²) in [5.41, 5.74) is 1.01. The number of hydrogen-bond donors (Lipinski definition) is 2. The van der Waals surface area contributed by atoms with Crippen LogP contribution in [0.15, 0.2) is 30.5 Å². The summed E-state index contributed by atoms with van der Waals surface area (Å²) < 4.78 is 42.8. The van der Waals surface area contributed by atoms with E-state index in [0.717, 1.165) is 5.56 Å². The van der Waals surface area contributed by atoms with Crippen LogP contribution in [0.4, 0.5) is 24.8 Å². The Morgan fingerprint density at radius 1 is 1.31 bits per heavy atom. The molecule has 4 rings (SSSR count). The van der Waals surface area contributed by atoms with Crippen molar-refractivity contribution in [2.75, 3.05) is 37.0 Å². The first-order valence-corrected chi connectivity index (χ1v) is 9.16. The van der Waals surface area contributed by atoms with E-state index in [-0.39, 0.29) is 18.4 Å². The number of rotatable bonds is 4. The van der Waals surface area contributed by atoms with Gasteiger partial charge in [-0.05, 0) is 37.2 Å². The van der Waals surface area contributed by atoms with Gasteiger partial charge in [-0.25, -0.2) is 9.97 Å². The van der Waals surface area contributed by atoms with Crippen molar-refractivity contribution in [1.29, 1.82) is 0 Å². The maximum atomic E-state index is 13.5. The molecule has 7 nitrogen and oxygen atoms in total. The van der Waals surface area contributed by atoms with Gasteiger partial charge in [-0.15, -0.1) is 0 Å². The van der Waals surface area contributed by atoms with Gasteiger partial charge in [0.15, 0.2) is 0 Å². The molecule has 10 heteroatoms. The first-order chi connectivity index (χ1) is 13.8. The maximum absolute atomic E-state index is 13.5. The lowest BCUT2D eigenvalue weighted by Gasteiger charge is -2.39. The number of fused-ring (bicyclic) bond motifs is 2. The molecule has 1 aromatic heterocycles. The highest BCUT2D eigenvalue weighted by Gasteiger charge is 2.51. The predicted molar refractivity (Wildman–Crippen MR) is 99.9 cm³/mol. The first kappa shape index (κ1) is 19.4. The van der Waals surface area contributed by atoms with Crippen molar-refractivity contribution < 1.29 is 22.7 Å². The topological polar surface area (TPSA) is 79.4 Å². The second-order valence-corrected chi connectivity index (χ2v) is 7.13. The number of ether oxygens (including phenoxy) is 1. The highest BCUT2D eigenvalue weighted by Crippen LogP contribution is 2.40. The van der Waals surface area contributed by atoms with Crippen LogP contribution in [0, 0.1) is 0 Å². The summed E-state index contributed by atoms with van der Waals surface area (Å²) in [6.07, 6.45) is -2.36. The molecule has 0 saturated carbocycles. The molecule has 29 heavy (non-hydrogen) atoms. The van der Waals surface area contributed by atoms with Gasteiger partial charge in [0, 0.05) is 24.0 Å². The Morgan fingerprint density at radius 3 is 2.69 bits per heavy atom. The van der Waals surface area contributed by atoms with Crippen molar-refractivity contribution in [3.8, 4) is 5.75 Å². The summed E-state index contributed by atoms with van der Waals surface area (Å²) in [6.45, 7) is 0.0168. The molecule has 1 amide bonds. The second-order valence-electron chi connectivity index (χ2n) is 7.13. The van der Waals surface area contributed by atoms with E-state index in [2.05, 4.69) is 20.6 Å². The molecule has 2 N–H and O–H groups in total. The Kier molecular flexibility index (Phi) is 4.81. The zero-order chi connectivity index (χ0) is 20.6. The van der Waals surface area contributed by atoms with Crippen molar-refractivity contribution in [1.82, 2.24) is 15.3 Å². The van der Waals surface area contributed by atoms with Crippen LogP contribution in [0.5, 0.6) is 5.75 Å². The fourth-order valence-electron chi connectivity index (χ4n) is 3.85. The molecule has 154 valence electrons. The predicted octanol–water partition coefficient (Wildman–Crippen LogP) is 2.24. The number of carbonyl (C=O) groups is 1. The Bertz CT molecular complexity index is 911. The number of alkyl halides is 3. The monoisotopic (exact) mass is 407 g/mol. The van der Waals surface area contributed by atoms with Crippen LogP contribution in [0.3, 0.4) is 0 Å². The fourth-order valence-corrected chi connectivity index (χ4v) is 3.85. The van der Waals surface area contributed by atoms with E-state index < -0.39 is 18.1 Å². The van der Waals surface area contributed by atoms with Gasteiger partial charge in [-0.3, -0.25) is 4.79 Å². The van der Waals surface area contributed by atoms with Crippen LogP contribution < -0.4 is 20.3 Å². The SMILES string of the molecule is COc1ccc(N2Cc3cnc(NCC(F)(F)F)nc3C3(CCNC3)C2=O)cc1. The molecule has 1 unspecified atom stereocenters. The number of amides is 1. The summed E-state index contributed by atoms with van der Waals surface area (Å²) in [4.78, 5) is 23.5. The normalized spacial score (nSPS) is 21.4. The third kappa shape index (κ3) is 3.59. The van der Waals surface area contributed by atoms with E-state index in [1.807, 2.05) is 0 Å². The number of aromatic nitrogens is 2. The molecule has 1 fully saturated rings. The quantitative estimate of drug-likeness (QED) is 0.809. The lowest BCUT2D eigenvalue weighted by Crippen LogP contribution is -2.53. The molecular weight excluding hydrogens is 387 g/mol. The zero-order valence-electron chi connectivity index (χ0n) is 15.7. The molecule has 0 aliphatic carbocycles. The standard InChI is InChI=1S/C19H20F3N5O2/c1-29-14-4-2-13(3-5-14)27-9-12-8-24-17(25-11-19(20,21)22)26-15(12)18(16(27)28)6-7-23-10-18/h2-5,8,23H,6-7,9-11H2,1H3,(H,24,25,26). The van der Waals surface area contributed by atoms with Gasteiger partial charge in [-0.2, -0.15) is 13.2 Å². The molecule has 1 spiro atoms. The average molecular weight is 407 g/mol. The number of benzene rings is 1. The molecule has 1 aromatic carbocycles. The lowest BCUT2D eigenvalue weighted by molar-refractivity contribution is -0.124. The summed E-state index contributed by atoms with van der Waals surface area (Å²) in [7, 11) is 1.57. The number of nitrogens with zero attached hydrogens (tertiary/aromatic N) is 3. The fraction of sp³-hybridized carbons (Fsp3) is 0.421. The highest BCUT2D eigenvalue weighted by molar-refractivity contribution is 6.03. The minimum Gasteiger partial charge on any atom is -0.497 e. The number of nitrogens with one attached hydrogen (secondary N) is 2. The second kappa shape index (κ2) is 7.18. The van der Waals surface area contributed by atoms with Crippen LogP contribution in [0.25, 0.3) is 0 Å². The van der Waals surface area contributed by atoms with Crippen LogP contribution >= 0.6 is 0 Å². The molecule has 2 aromatic rings. The van der Waals surface area contributed by atoms with Crippen LogP contribution in [0.2, 0.25) is 0 Å². The molecular formula is C19H20F3N5O2. The minimum atomic E-state index is -4.38. The van der Waals surface area contributed by atoms with E-state index in [1.165, 1.54) is 6.20 Å². The molecule has 1 atom stereocenters. The Labute approximate surface area is 165 Å². The highest BCUT2D eigenvalue weighted by atomic mass is 19.4. The average Bonchev–Trinajstić information content (AvgIpc) is 3.20. The molecule has 2 aliphatic heterocycles. The van der Waals surface area contributed by atoms with Gasteiger partial charge in [-0.1, -0.05) is 0 Å². The molecule has 0 bridgehead atoms. The van der Waals surface area contributed by atoms with E-state index in [1.54, 1.807) is 36.3 Å². The van der Waals surface area contributed by atoms with Gasteiger partial charge >= 0.3 is 6.18 Å². The molecule has 1 saturated heterocycles. The van der Waals surface area contributed by atoms with Crippen molar-refractivity contribution in [3.63, 3.8) is 0 Å². The largest absolute Gasteiger partial charge is 0.497 e. The van der Waals surface area contributed by atoms with Gasteiger partial charge < -0.3 is 20.3 Å². The molecule has 0 radical (unpaired) electrons. The number of anilines is 2. The lowest BCUT2D eigenvalue weighted by atomic mass is 9.77.